The fourth-order valence-corrected chi connectivity index (χ4v) is 3.62. The summed E-state index contributed by atoms with van der Waals surface area (Å²) < 4.78 is 0. The van der Waals surface area contributed by atoms with E-state index in [2.05, 4.69) is 11.1 Å². The van der Waals surface area contributed by atoms with Crippen LogP contribution < -0.4 is 0 Å². The van der Waals surface area contributed by atoms with Gasteiger partial charge in [0.1, 0.15) is 5.04 Å². The minimum Gasteiger partial charge on any atom is -0.281 e. The molecular weight excluding hydrogens is 325 g/mol. The van der Waals surface area contributed by atoms with Crippen molar-refractivity contribution >= 4 is 45.1 Å². The molecule has 1 aliphatic heterocycles. The van der Waals surface area contributed by atoms with E-state index in [-0.39, 0.29) is 5.12 Å². The number of rotatable bonds is 1. The van der Waals surface area contributed by atoms with Crippen molar-refractivity contribution in [1.29, 1.82) is 0 Å². The van der Waals surface area contributed by atoms with E-state index in [9.17, 15) is 4.79 Å². The van der Waals surface area contributed by atoms with E-state index in [4.69, 9.17) is 23.2 Å². The quantitative estimate of drug-likeness (QED) is 0.743. The highest BCUT2D eigenvalue weighted by atomic mass is 35.5. The maximum Gasteiger partial charge on any atom is 0.225 e. The Labute approximate surface area is 137 Å². The lowest BCUT2D eigenvalue weighted by Crippen LogP contribution is -2.12. The lowest BCUT2D eigenvalue weighted by atomic mass is 10.0. The number of hydrogen-bond donors (Lipinski definition) is 0. The van der Waals surface area contributed by atoms with E-state index in [1.165, 1.54) is 5.56 Å². The van der Waals surface area contributed by atoms with Crippen LogP contribution in [-0.4, -0.2) is 16.7 Å². The van der Waals surface area contributed by atoms with Gasteiger partial charge in [0.15, 0.2) is 0 Å². The van der Waals surface area contributed by atoms with E-state index in [1.807, 2.05) is 18.2 Å². The molecular formula is C16H11Cl2NOS. The molecule has 0 radical (unpaired) electrons. The molecule has 0 aromatic heterocycles. The first kappa shape index (κ1) is 14.6. The van der Waals surface area contributed by atoms with Gasteiger partial charge in [-0.15, -0.1) is 0 Å². The van der Waals surface area contributed by atoms with Gasteiger partial charge in [-0.2, -0.15) is 0 Å². The molecule has 0 atom stereocenters. The number of carbonyl (C=O) groups excluding carboxylic acids is 1. The van der Waals surface area contributed by atoms with Crippen molar-refractivity contribution in [3.05, 3.63) is 69.2 Å². The van der Waals surface area contributed by atoms with Gasteiger partial charge < -0.3 is 0 Å². The number of carbonyl (C=O) groups is 1. The number of nitrogens with zero attached hydrogens (tertiary/aromatic N) is 1. The highest BCUT2D eigenvalue weighted by Crippen LogP contribution is 2.27. The van der Waals surface area contributed by atoms with Gasteiger partial charge in [0.25, 0.3) is 0 Å². The summed E-state index contributed by atoms with van der Waals surface area (Å²) in [5.74, 6) is 0. The normalized spacial score (nSPS) is 13.5. The largest absolute Gasteiger partial charge is 0.281 e. The van der Waals surface area contributed by atoms with Crippen LogP contribution in [0, 0.1) is 0 Å². The van der Waals surface area contributed by atoms with Crippen molar-refractivity contribution in [2.45, 2.75) is 6.42 Å². The lowest BCUT2D eigenvalue weighted by Gasteiger charge is -2.15. The van der Waals surface area contributed by atoms with Gasteiger partial charge in [0.05, 0.1) is 0 Å². The molecule has 0 bridgehead atoms. The summed E-state index contributed by atoms with van der Waals surface area (Å²) in [5, 5.41) is 1.57. The number of halogens is 2. The second kappa shape index (κ2) is 6.22. The maximum atomic E-state index is 12.4. The zero-order valence-electron chi connectivity index (χ0n) is 11.0. The standard InChI is InChI=1S/C16H11Cl2NOS/c17-12-7-11(8-13(18)9-12)16(20)21-15-14-4-2-1-3-10(14)5-6-19-15/h1-4,7-9H,5-6H2. The van der Waals surface area contributed by atoms with Gasteiger partial charge in [-0.05, 0) is 41.9 Å². The highest BCUT2D eigenvalue weighted by molar-refractivity contribution is 8.27. The lowest BCUT2D eigenvalue weighted by molar-refractivity contribution is 0.109. The summed E-state index contributed by atoms with van der Waals surface area (Å²) >= 11 is 13.0. The summed E-state index contributed by atoms with van der Waals surface area (Å²) in [6.07, 6.45) is 0.914. The predicted octanol–water partition coefficient (Wildman–Crippen LogP) is 4.87. The zero-order valence-corrected chi connectivity index (χ0v) is 13.3. The van der Waals surface area contributed by atoms with Gasteiger partial charge in [0, 0.05) is 27.7 Å². The summed E-state index contributed by atoms with van der Waals surface area (Å²) in [6.45, 7) is 0.711. The average Bonchev–Trinajstić information content (AvgIpc) is 2.46. The summed E-state index contributed by atoms with van der Waals surface area (Å²) in [6, 6.07) is 12.9. The number of benzene rings is 2. The second-order valence-corrected chi connectivity index (χ2v) is 6.48. The smallest absolute Gasteiger partial charge is 0.225 e. The number of aliphatic imine (C=N–C) groups is 1. The minimum atomic E-state index is -0.102. The third-order valence-corrected chi connectivity index (χ3v) is 4.57. The van der Waals surface area contributed by atoms with E-state index in [0.717, 1.165) is 28.8 Å². The molecule has 2 nitrogen and oxygen atoms in total. The molecule has 0 aliphatic carbocycles. The maximum absolute atomic E-state index is 12.4. The summed E-state index contributed by atoms with van der Waals surface area (Å²) in [4.78, 5) is 16.9. The van der Waals surface area contributed by atoms with Crippen molar-refractivity contribution in [1.82, 2.24) is 0 Å². The van der Waals surface area contributed by atoms with Crippen molar-refractivity contribution in [2.24, 2.45) is 4.99 Å². The van der Waals surface area contributed by atoms with Gasteiger partial charge in [-0.1, -0.05) is 47.5 Å². The molecule has 5 heteroatoms. The van der Waals surface area contributed by atoms with Crippen LogP contribution in [0.2, 0.25) is 10.0 Å². The number of thioether (sulfide) groups is 1. The molecule has 0 saturated heterocycles. The Morgan fingerprint density at radius 1 is 1.10 bits per heavy atom. The third-order valence-electron chi connectivity index (χ3n) is 3.17. The van der Waals surface area contributed by atoms with Crippen LogP contribution in [0.15, 0.2) is 47.5 Å². The van der Waals surface area contributed by atoms with Gasteiger partial charge in [-0.3, -0.25) is 9.79 Å². The monoisotopic (exact) mass is 335 g/mol. The molecule has 0 saturated carbocycles. The summed E-state index contributed by atoms with van der Waals surface area (Å²) in [5.41, 5.74) is 2.76. The van der Waals surface area contributed by atoms with Crippen molar-refractivity contribution in [2.75, 3.05) is 6.54 Å². The van der Waals surface area contributed by atoms with Gasteiger partial charge in [0.2, 0.25) is 5.12 Å². The SMILES string of the molecule is O=C(SC1=NCCc2ccccc21)c1cc(Cl)cc(Cl)c1. The van der Waals surface area contributed by atoms with Crippen LogP contribution in [0.1, 0.15) is 21.5 Å². The summed E-state index contributed by atoms with van der Waals surface area (Å²) in [7, 11) is 0. The molecule has 2 aromatic rings. The van der Waals surface area contributed by atoms with Gasteiger partial charge >= 0.3 is 0 Å². The van der Waals surface area contributed by atoms with Gasteiger partial charge in [-0.25, -0.2) is 0 Å². The van der Waals surface area contributed by atoms with Crippen LogP contribution in [0.3, 0.4) is 0 Å². The van der Waals surface area contributed by atoms with Crippen LogP contribution in [0.25, 0.3) is 0 Å². The molecule has 0 N–H and O–H groups in total. The Morgan fingerprint density at radius 3 is 2.57 bits per heavy atom. The molecule has 2 aromatic carbocycles. The Morgan fingerprint density at radius 2 is 1.81 bits per heavy atom. The third kappa shape index (κ3) is 3.31. The van der Waals surface area contributed by atoms with E-state index in [0.29, 0.717) is 22.2 Å². The molecule has 1 heterocycles. The fourth-order valence-electron chi connectivity index (χ4n) is 2.22. The fraction of sp³-hybridized carbons (Fsp3) is 0.125. The van der Waals surface area contributed by atoms with E-state index >= 15 is 0 Å². The topological polar surface area (TPSA) is 29.4 Å². The number of fused-ring (bicyclic) bond motifs is 1. The molecule has 0 unspecified atom stereocenters. The van der Waals surface area contributed by atoms with Crippen LogP contribution in [-0.2, 0) is 6.42 Å². The Bertz CT molecular complexity index is 723. The molecule has 106 valence electrons. The highest BCUT2D eigenvalue weighted by Gasteiger charge is 2.18. The molecule has 21 heavy (non-hydrogen) atoms. The second-order valence-electron chi connectivity index (χ2n) is 4.64. The predicted molar refractivity (Wildman–Crippen MR) is 89.9 cm³/mol. The molecule has 1 aliphatic rings. The van der Waals surface area contributed by atoms with Crippen molar-refractivity contribution in [3.8, 4) is 0 Å². The first-order valence-corrected chi connectivity index (χ1v) is 8.02. The molecule has 0 spiro atoms. The Hall–Kier alpha value is -1.29. The van der Waals surface area contributed by atoms with Crippen LogP contribution >= 0.6 is 35.0 Å². The van der Waals surface area contributed by atoms with Crippen molar-refractivity contribution in [3.63, 3.8) is 0 Å². The Balaban J connectivity index is 1.87. The Kier molecular flexibility index (Phi) is 4.34. The first-order valence-electron chi connectivity index (χ1n) is 6.44. The molecule has 3 rings (SSSR count). The van der Waals surface area contributed by atoms with E-state index in [1.54, 1.807) is 18.2 Å². The van der Waals surface area contributed by atoms with Crippen LogP contribution in [0.4, 0.5) is 0 Å². The van der Waals surface area contributed by atoms with E-state index < -0.39 is 0 Å². The molecule has 0 amide bonds. The molecule has 0 fully saturated rings. The average molecular weight is 336 g/mol. The van der Waals surface area contributed by atoms with Crippen LogP contribution in [0.5, 0.6) is 0 Å². The van der Waals surface area contributed by atoms with Crippen molar-refractivity contribution < 1.29 is 4.79 Å². The first-order chi connectivity index (χ1) is 10.1. The zero-order chi connectivity index (χ0) is 14.8. The number of hydrogen-bond acceptors (Lipinski definition) is 3. The minimum absolute atomic E-state index is 0.102.